The van der Waals surface area contributed by atoms with E-state index >= 15 is 0 Å². The molecule has 0 saturated heterocycles. The van der Waals surface area contributed by atoms with Gasteiger partial charge in [0.25, 0.3) is 0 Å². The van der Waals surface area contributed by atoms with Crippen molar-refractivity contribution in [2.24, 2.45) is 0 Å². The monoisotopic (exact) mass is 384 g/mol. The molecule has 3 N–H and O–H groups in total. The third kappa shape index (κ3) is 4.00. The van der Waals surface area contributed by atoms with Crippen LogP contribution in [0.4, 0.5) is 11.5 Å². The second-order valence-electron chi connectivity index (χ2n) is 3.80. The number of nitrogens with two attached hydrogens (primary N) is 1. The summed E-state index contributed by atoms with van der Waals surface area (Å²) in [7, 11) is 0. The van der Waals surface area contributed by atoms with Crippen molar-refractivity contribution in [1.82, 2.24) is 9.97 Å². The fraction of sp³-hybridized carbons (Fsp3) is 0.0833. The van der Waals surface area contributed by atoms with E-state index < -0.39 is 0 Å². The molecule has 2 aromatic rings. The number of anilines is 2. The quantitative estimate of drug-likeness (QED) is 0.796. The van der Waals surface area contributed by atoms with E-state index in [2.05, 4.69) is 47.1 Å². The van der Waals surface area contributed by atoms with Gasteiger partial charge in [0.2, 0.25) is 5.91 Å². The van der Waals surface area contributed by atoms with E-state index in [1.165, 1.54) is 6.20 Å². The lowest BCUT2D eigenvalue weighted by molar-refractivity contribution is -0.115. The van der Waals surface area contributed by atoms with E-state index in [1.54, 1.807) is 12.1 Å². The van der Waals surface area contributed by atoms with Gasteiger partial charge >= 0.3 is 0 Å². The highest BCUT2D eigenvalue weighted by molar-refractivity contribution is 9.11. The molecule has 0 aliphatic heterocycles. The summed E-state index contributed by atoms with van der Waals surface area (Å²) in [6, 6.07) is 7.20. The van der Waals surface area contributed by atoms with E-state index in [1.807, 2.05) is 12.1 Å². The van der Waals surface area contributed by atoms with Crippen LogP contribution in [0.1, 0.15) is 5.56 Å². The summed E-state index contributed by atoms with van der Waals surface area (Å²) in [6.45, 7) is 0. The molecular weight excluding hydrogens is 376 g/mol. The third-order valence-electron chi connectivity index (χ3n) is 2.27. The Labute approximate surface area is 126 Å². The highest BCUT2D eigenvalue weighted by Gasteiger charge is 2.09. The highest BCUT2D eigenvalue weighted by atomic mass is 79.9. The van der Waals surface area contributed by atoms with Crippen molar-refractivity contribution in [3.8, 4) is 0 Å². The number of carbonyl (C=O) groups excluding carboxylic acids is 1. The van der Waals surface area contributed by atoms with E-state index in [9.17, 15) is 4.79 Å². The maximum Gasteiger partial charge on any atom is 0.230 e. The summed E-state index contributed by atoms with van der Waals surface area (Å²) in [5.41, 5.74) is 7.14. The molecular formula is C12H10Br2N4O. The second kappa shape index (κ2) is 6.12. The fourth-order valence-corrected chi connectivity index (χ4v) is 2.41. The van der Waals surface area contributed by atoms with Gasteiger partial charge in [-0.1, -0.05) is 12.1 Å². The van der Waals surface area contributed by atoms with Crippen LogP contribution in [0.2, 0.25) is 0 Å². The van der Waals surface area contributed by atoms with Crippen LogP contribution in [-0.2, 0) is 11.2 Å². The Balaban J connectivity index is 2.05. The minimum absolute atomic E-state index is 0.178. The van der Waals surface area contributed by atoms with Crippen molar-refractivity contribution >= 4 is 49.3 Å². The maximum atomic E-state index is 11.9. The lowest BCUT2D eigenvalue weighted by Crippen LogP contribution is -2.16. The highest BCUT2D eigenvalue weighted by Crippen LogP contribution is 2.19. The average molecular weight is 386 g/mol. The second-order valence-corrected chi connectivity index (χ2v) is 5.37. The van der Waals surface area contributed by atoms with Gasteiger partial charge in [-0.25, -0.2) is 9.97 Å². The molecule has 1 amide bonds. The van der Waals surface area contributed by atoms with Gasteiger partial charge in [0, 0.05) is 5.69 Å². The number of hydrogen-bond donors (Lipinski definition) is 2. The number of rotatable bonds is 3. The number of hydrogen-bond acceptors (Lipinski definition) is 4. The molecule has 1 aromatic carbocycles. The van der Waals surface area contributed by atoms with Crippen molar-refractivity contribution < 1.29 is 4.79 Å². The maximum absolute atomic E-state index is 11.9. The molecule has 0 fully saturated rings. The molecule has 1 heterocycles. The Hall–Kier alpha value is -1.47. The molecule has 0 aliphatic carbocycles. The summed E-state index contributed by atoms with van der Waals surface area (Å²) in [5, 5.41) is 2.68. The van der Waals surface area contributed by atoms with E-state index in [-0.39, 0.29) is 12.3 Å². The first-order chi connectivity index (χ1) is 9.04. The molecule has 0 atom stereocenters. The van der Waals surface area contributed by atoms with Gasteiger partial charge in [-0.05, 0) is 49.6 Å². The molecule has 0 radical (unpaired) electrons. The molecule has 2 rings (SSSR count). The summed E-state index contributed by atoms with van der Waals surface area (Å²) in [4.78, 5) is 20.0. The van der Waals surface area contributed by atoms with Crippen LogP contribution in [0.15, 0.2) is 39.7 Å². The zero-order chi connectivity index (χ0) is 13.8. The molecule has 0 spiro atoms. The molecule has 98 valence electrons. The van der Waals surface area contributed by atoms with Crippen molar-refractivity contribution in [3.05, 3.63) is 45.2 Å². The molecule has 0 saturated carbocycles. The number of aromatic nitrogens is 2. The summed E-state index contributed by atoms with van der Waals surface area (Å²) < 4.78 is 1.07. The fourth-order valence-electron chi connectivity index (χ4n) is 1.50. The Bertz CT molecular complexity index is 618. The van der Waals surface area contributed by atoms with E-state index in [0.29, 0.717) is 20.7 Å². The van der Waals surface area contributed by atoms with Crippen LogP contribution >= 0.6 is 31.9 Å². The van der Waals surface area contributed by atoms with Crippen LogP contribution in [0.3, 0.4) is 0 Å². The van der Waals surface area contributed by atoms with Crippen LogP contribution in [0.5, 0.6) is 0 Å². The largest absolute Gasteiger partial charge is 0.399 e. The summed E-state index contributed by atoms with van der Waals surface area (Å²) in [5.74, 6) is 0.208. The van der Waals surface area contributed by atoms with Gasteiger partial charge in [-0.2, -0.15) is 0 Å². The Kier molecular flexibility index (Phi) is 4.49. The van der Waals surface area contributed by atoms with Gasteiger partial charge in [-0.15, -0.1) is 0 Å². The number of amides is 1. The SMILES string of the molecule is Nc1cccc(CC(=O)Nc2ncc(Br)nc2Br)c1. The summed E-state index contributed by atoms with van der Waals surface area (Å²) in [6.07, 6.45) is 1.75. The van der Waals surface area contributed by atoms with Crippen LogP contribution < -0.4 is 11.1 Å². The zero-order valence-corrected chi connectivity index (χ0v) is 12.9. The number of nitrogens with one attached hydrogen (secondary N) is 1. The molecule has 0 unspecified atom stereocenters. The normalized spacial score (nSPS) is 10.2. The molecule has 0 bridgehead atoms. The van der Waals surface area contributed by atoms with Gasteiger partial charge in [0.05, 0.1) is 12.6 Å². The topological polar surface area (TPSA) is 80.9 Å². The summed E-state index contributed by atoms with van der Waals surface area (Å²) >= 11 is 6.43. The first-order valence-corrected chi connectivity index (χ1v) is 6.95. The number of carbonyl (C=O) groups is 1. The Morgan fingerprint density at radius 2 is 2.16 bits per heavy atom. The Morgan fingerprint density at radius 1 is 1.37 bits per heavy atom. The number of halogens is 2. The van der Waals surface area contributed by atoms with Gasteiger partial charge in [0.1, 0.15) is 9.21 Å². The predicted molar refractivity (Wildman–Crippen MR) is 80.6 cm³/mol. The van der Waals surface area contributed by atoms with Crippen molar-refractivity contribution in [2.75, 3.05) is 11.1 Å². The van der Waals surface area contributed by atoms with Crippen molar-refractivity contribution in [2.45, 2.75) is 6.42 Å². The van der Waals surface area contributed by atoms with Crippen molar-refractivity contribution in [3.63, 3.8) is 0 Å². The van der Waals surface area contributed by atoms with E-state index in [4.69, 9.17) is 5.73 Å². The lowest BCUT2D eigenvalue weighted by atomic mass is 10.1. The molecule has 1 aromatic heterocycles. The van der Waals surface area contributed by atoms with Crippen LogP contribution in [0.25, 0.3) is 0 Å². The molecule has 19 heavy (non-hydrogen) atoms. The van der Waals surface area contributed by atoms with Crippen LogP contribution in [0, 0.1) is 0 Å². The first kappa shape index (κ1) is 14.0. The van der Waals surface area contributed by atoms with Gasteiger partial charge < -0.3 is 11.1 Å². The Morgan fingerprint density at radius 3 is 2.84 bits per heavy atom. The van der Waals surface area contributed by atoms with Crippen molar-refractivity contribution in [1.29, 1.82) is 0 Å². The lowest BCUT2D eigenvalue weighted by Gasteiger charge is -2.06. The van der Waals surface area contributed by atoms with Gasteiger partial charge in [-0.3, -0.25) is 4.79 Å². The minimum atomic E-state index is -0.178. The zero-order valence-electron chi connectivity index (χ0n) is 9.73. The first-order valence-electron chi connectivity index (χ1n) is 5.37. The predicted octanol–water partition coefficient (Wildman–Crippen LogP) is 2.77. The standard InChI is InChI=1S/C12H10Br2N4O/c13-9-6-16-12(11(14)17-9)18-10(19)5-7-2-1-3-8(15)4-7/h1-4,6H,5,15H2,(H,16,18,19). The third-order valence-corrected chi connectivity index (χ3v) is 3.21. The van der Waals surface area contributed by atoms with E-state index in [0.717, 1.165) is 5.56 Å². The molecule has 5 nitrogen and oxygen atoms in total. The average Bonchev–Trinajstić information content (AvgIpc) is 2.33. The molecule has 7 heteroatoms. The van der Waals surface area contributed by atoms with Crippen LogP contribution in [-0.4, -0.2) is 15.9 Å². The minimum Gasteiger partial charge on any atom is -0.399 e. The number of nitrogens with zero attached hydrogens (tertiary/aromatic N) is 2. The number of nitrogen functional groups attached to an aromatic ring is 1. The smallest absolute Gasteiger partial charge is 0.230 e. The molecule has 0 aliphatic rings. The van der Waals surface area contributed by atoms with Gasteiger partial charge in [0.15, 0.2) is 5.82 Å². The number of benzene rings is 1.